The van der Waals surface area contributed by atoms with E-state index >= 15 is 0 Å². The molecule has 108 valence electrons. The van der Waals surface area contributed by atoms with E-state index in [0.29, 0.717) is 18.7 Å². The molecule has 0 saturated heterocycles. The summed E-state index contributed by atoms with van der Waals surface area (Å²) < 4.78 is 26.9. The van der Waals surface area contributed by atoms with Crippen molar-refractivity contribution in [1.29, 1.82) is 0 Å². The number of anilines is 1. The Hall–Kier alpha value is -1.11. The molecule has 0 aliphatic carbocycles. The number of aliphatic hydroxyl groups is 1. The molecule has 6 heteroatoms. The highest BCUT2D eigenvalue weighted by molar-refractivity contribution is 7.89. The minimum absolute atomic E-state index is 0.0345. The first-order valence-electron chi connectivity index (χ1n) is 6.51. The predicted octanol–water partition coefficient (Wildman–Crippen LogP) is 1.56. The van der Waals surface area contributed by atoms with Crippen LogP contribution in [0.4, 0.5) is 5.69 Å². The molecule has 0 spiro atoms. The van der Waals surface area contributed by atoms with E-state index in [1.807, 2.05) is 13.8 Å². The Bertz CT molecular complexity index is 484. The Labute approximate surface area is 115 Å². The van der Waals surface area contributed by atoms with Crippen molar-refractivity contribution >= 4 is 15.7 Å². The molecule has 1 aromatic carbocycles. The third kappa shape index (κ3) is 4.49. The monoisotopic (exact) mass is 286 g/mol. The van der Waals surface area contributed by atoms with Crippen LogP contribution in [0.15, 0.2) is 29.2 Å². The van der Waals surface area contributed by atoms with E-state index in [2.05, 4.69) is 10.0 Å². The van der Waals surface area contributed by atoms with Gasteiger partial charge in [0.15, 0.2) is 0 Å². The summed E-state index contributed by atoms with van der Waals surface area (Å²) in [5.41, 5.74) is 0.520. The molecule has 1 aromatic rings. The summed E-state index contributed by atoms with van der Waals surface area (Å²) in [5, 5.41) is 12.3. The van der Waals surface area contributed by atoms with Crippen LogP contribution in [0, 0.1) is 0 Å². The highest BCUT2D eigenvalue weighted by Crippen LogP contribution is 2.21. The molecule has 0 radical (unpaired) electrons. The first kappa shape index (κ1) is 15.9. The van der Waals surface area contributed by atoms with E-state index < -0.39 is 10.0 Å². The first-order chi connectivity index (χ1) is 9.05. The molecule has 0 saturated carbocycles. The molecule has 3 N–H and O–H groups in total. The standard InChI is InChI=1S/C13H22N2O3S/c1-3-9-14-19(17,18)13-8-6-5-7-12(13)15-11(4-2)10-16/h5-8,11,14-16H,3-4,9-10H2,1-2H3. The van der Waals surface area contributed by atoms with Crippen molar-refractivity contribution in [1.82, 2.24) is 4.72 Å². The zero-order valence-corrected chi connectivity index (χ0v) is 12.2. The van der Waals surface area contributed by atoms with Gasteiger partial charge in [-0.25, -0.2) is 13.1 Å². The second-order valence-electron chi connectivity index (χ2n) is 4.33. The van der Waals surface area contributed by atoms with Crippen LogP contribution >= 0.6 is 0 Å². The number of hydrogen-bond donors (Lipinski definition) is 3. The van der Waals surface area contributed by atoms with Crippen molar-refractivity contribution < 1.29 is 13.5 Å². The topological polar surface area (TPSA) is 78.4 Å². The van der Waals surface area contributed by atoms with Crippen LogP contribution in [-0.2, 0) is 10.0 Å². The first-order valence-corrected chi connectivity index (χ1v) is 7.99. The zero-order valence-electron chi connectivity index (χ0n) is 11.4. The zero-order chi connectivity index (χ0) is 14.3. The highest BCUT2D eigenvalue weighted by atomic mass is 32.2. The SMILES string of the molecule is CCCNS(=O)(=O)c1ccccc1NC(CC)CO. The molecule has 1 rings (SSSR count). The van der Waals surface area contributed by atoms with Gasteiger partial charge < -0.3 is 10.4 Å². The molecule has 0 fully saturated rings. The number of sulfonamides is 1. The largest absolute Gasteiger partial charge is 0.394 e. The molecule has 5 nitrogen and oxygen atoms in total. The molecule has 0 aliphatic rings. The summed E-state index contributed by atoms with van der Waals surface area (Å²) in [7, 11) is -3.51. The summed E-state index contributed by atoms with van der Waals surface area (Å²) in [5.74, 6) is 0. The average molecular weight is 286 g/mol. The van der Waals surface area contributed by atoms with Crippen LogP contribution in [-0.4, -0.2) is 32.7 Å². The second kappa shape index (κ2) is 7.47. The van der Waals surface area contributed by atoms with Crippen LogP contribution in [0.3, 0.4) is 0 Å². The van der Waals surface area contributed by atoms with Crippen molar-refractivity contribution in [3.05, 3.63) is 24.3 Å². The van der Waals surface area contributed by atoms with Gasteiger partial charge in [-0.2, -0.15) is 0 Å². The smallest absolute Gasteiger partial charge is 0.242 e. The third-order valence-corrected chi connectivity index (χ3v) is 4.31. The number of para-hydroxylation sites is 1. The Morgan fingerprint density at radius 2 is 1.95 bits per heavy atom. The summed E-state index contributed by atoms with van der Waals surface area (Å²) in [6.45, 7) is 4.22. The van der Waals surface area contributed by atoms with Gasteiger partial charge >= 0.3 is 0 Å². The second-order valence-corrected chi connectivity index (χ2v) is 6.06. The van der Waals surface area contributed by atoms with E-state index in [-0.39, 0.29) is 17.5 Å². The van der Waals surface area contributed by atoms with Gasteiger partial charge in [-0.1, -0.05) is 26.0 Å². The maximum absolute atomic E-state index is 12.2. The van der Waals surface area contributed by atoms with Crippen molar-refractivity contribution in [2.45, 2.75) is 37.6 Å². The third-order valence-electron chi connectivity index (χ3n) is 2.79. The molecule has 1 atom stereocenters. The minimum atomic E-state index is -3.51. The van der Waals surface area contributed by atoms with E-state index in [4.69, 9.17) is 0 Å². The van der Waals surface area contributed by atoms with Gasteiger partial charge in [-0.15, -0.1) is 0 Å². The number of hydrogen-bond acceptors (Lipinski definition) is 4. The lowest BCUT2D eigenvalue weighted by molar-refractivity contribution is 0.271. The van der Waals surface area contributed by atoms with Gasteiger partial charge in [0.1, 0.15) is 4.90 Å². The Morgan fingerprint density at radius 3 is 2.53 bits per heavy atom. The van der Waals surface area contributed by atoms with E-state index in [9.17, 15) is 13.5 Å². The van der Waals surface area contributed by atoms with Crippen molar-refractivity contribution in [3.63, 3.8) is 0 Å². The van der Waals surface area contributed by atoms with Crippen molar-refractivity contribution in [2.75, 3.05) is 18.5 Å². The van der Waals surface area contributed by atoms with E-state index in [1.165, 1.54) is 0 Å². The molecule has 0 bridgehead atoms. The molecule has 0 heterocycles. The van der Waals surface area contributed by atoms with Crippen LogP contribution in [0.2, 0.25) is 0 Å². The van der Waals surface area contributed by atoms with Gasteiger partial charge in [0, 0.05) is 12.6 Å². The van der Waals surface area contributed by atoms with Gasteiger partial charge in [-0.05, 0) is 25.0 Å². The van der Waals surface area contributed by atoms with Crippen molar-refractivity contribution in [3.8, 4) is 0 Å². The van der Waals surface area contributed by atoms with Crippen LogP contribution in [0.25, 0.3) is 0 Å². The fourth-order valence-corrected chi connectivity index (χ4v) is 2.93. The summed E-state index contributed by atoms with van der Waals surface area (Å²) in [4.78, 5) is 0.218. The fourth-order valence-electron chi connectivity index (χ4n) is 1.63. The Kier molecular flexibility index (Phi) is 6.27. The summed E-state index contributed by atoms with van der Waals surface area (Å²) in [6.07, 6.45) is 1.45. The van der Waals surface area contributed by atoms with Gasteiger partial charge in [0.05, 0.1) is 12.3 Å². The molecule has 0 aliphatic heterocycles. The summed E-state index contributed by atoms with van der Waals surface area (Å²) >= 11 is 0. The average Bonchev–Trinajstić information content (AvgIpc) is 2.43. The fraction of sp³-hybridized carbons (Fsp3) is 0.538. The van der Waals surface area contributed by atoms with Crippen LogP contribution < -0.4 is 10.0 Å². The van der Waals surface area contributed by atoms with Gasteiger partial charge in [-0.3, -0.25) is 0 Å². The summed E-state index contributed by atoms with van der Waals surface area (Å²) in [6, 6.07) is 6.57. The molecule has 1 unspecified atom stereocenters. The quantitative estimate of drug-likeness (QED) is 0.677. The molecule has 19 heavy (non-hydrogen) atoms. The highest BCUT2D eigenvalue weighted by Gasteiger charge is 2.18. The Morgan fingerprint density at radius 1 is 1.26 bits per heavy atom. The molecule has 0 aromatic heterocycles. The van der Waals surface area contributed by atoms with Gasteiger partial charge in [0.25, 0.3) is 0 Å². The lowest BCUT2D eigenvalue weighted by Gasteiger charge is -2.18. The predicted molar refractivity (Wildman–Crippen MR) is 76.7 cm³/mol. The molecule has 0 amide bonds. The van der Waals surface area contributed by atoms with E-state index in [1.54, 1.807) is 24.3 Å². The molecular formula is C13H22N2O3S. The van der Waals surface area contributed by atoms with Crippen LogP contribution in [0.5, 0.6) is 0 Å². The lowest BCUT2D eigenvalue weighted by Crippen LogP contribution is -2.28. The minimum Gasteiger partial charge on any atom is -0.394 e. The van der Waals surface area contributed by atoms with Gasteiger partial charge in [0.2, 0.25) is 10.0 Å². The molecular weight excluding hydrogens is 264 g/mol. The maximum Gasteiger partial charge on any atom is 0.242 e. The van der Waals surface area contributed by atoms with Crippen molar-refractivity contribution in [2.24, 2.45) is 0 Å². The number of nitrogens with one attached hydrogen (secondary N) is 2. The number of benzene rings is 1. The number of rotatable bonds is 8. The Balaban J connectivity index is 3.01. The van der Waals surface area contributed by atoms with Crippen LogP contribution in [0.1, 0.15) is 26.7 Å². The van der Waals surface area contributed by atoms with E-state index in [0.717, 1.165) is 6.42 Å². The maximum atomic E-state index is 12.2. The normalized spacial score (nSPS) is 13.2. The lowest BCUT2D eigenvalue weighted by atomic mass is 10.2. The number of aliphatic hydroxyl groups excluding tert-OH is 1.